The zero-order valence-corrected chi connectivity index (χ0v) is 14.6. The summed E-state index contributed by atoms with van der Waals surface area (Å²) in [6.07, 6.45) is 0. The van der Waals surface area contributed by atoms with Crippen LogP contribution in [0.2, 0.25) is 0 Å². The van der Waals surface area contributed by atoms with Crippen molar-refractivity contribution in [3.05, 3.63) is 65.2 Å². The molecule has 0 radical (unpaired) electrons. The maximum atomic E-state index is 12.4. The first kappa shape index (κ1) is 18.3. The predicted octanol–water partition coefficient (Wildman–Crippen LogP) is 2.64. The van der Waals surface area contributed by atoms with Crippen LogP contribution in [-0.4, -0.2) is 31.5 Å². The van der Waals surface area contributed by atoms with Crippen molar-refractivity contribution < 1.29 is 22.5 Å². The SMILES string of the molecule is Cc1ccc(C(=O)C(C)(O)COS(=O)(=O)c2ccc(C)cc2)cc1. The molecule has 0 aliphatic heterocycles. The van der Waals surface area contributed by atoms with E-state index >= 15 is 0 Å². The fourth-order valence-electron chi connectivity index (χ4n) is 2.05. The molecule has 1 unspecified atom stereocenters. The van der Waals surface area contributed by atoms with Crippen molar-refractivity contribution in [1.82, 2.24) is 0 Å². The number of Topliss-reactive ketones (excluding diaryl/α,β-unsaturated/α-hetero) is 1. The average Bonchev–Trinajstić information content (AvgIpc) is 2.54. The molecule has 0 aliphatic carbocycles. The normalized spacial score (nSPS) is 14.2. The van der Waals surface area contributed by atoms with Gasteiger partial charge >= 0.3 is 0 Å². The van der Waals surface area contributed by atoms with Crippen molar-refractivity contribution in [1.29, 1.82) is 0 Å². The monoisotopic (exact) mass is 348 g/mol. The van der Waals surface area contributed by atoms with Crippen LogP contribution in [0.4, 0.5) is 0 Å². The van der Waals surface area contributed by atoms with Crippen LogP contribution in [-0.2, 0) is 14.3 Å². The summed E-state index contributed by atoms with van der Waals surface area (Å²) < 4.78 is 29.2. The minimum atomic E-state index is -4.04. The molecule has 1 atom stereocenters. The second-order valence-electron chi connectivity index (χ2n) is 6.00. The zero-order chi connectivity index (χ0) is 18.0. The van der Waals surface area contributed by atoms with E-state index in [1.807, 2.05) is 13.8 Å². The quantitative estimate of drug-likeness (QED) is 0.641. The van der Waals surface area contributed by atoms with E-state index in [-0.39, 0.29) is 4.90 Å². The van der Waals surface area contributed by atoms with Crippen LogP contribution < -0.4 is 0 Å². The average molecular weight is 348 g/mol. The molecule has 128 valence electrons. The summed E-state index contributed by atoms with van der Waals surface area (Å²) in [6, 6.07) is 12.8. The lowest BCUT2D eigenvalue weighted by molar-refractivity contribution is 0.0175. The zero-order valence-electron chi connectivity index (χ0n) is 13.8. The molecule has 6 heteroatoms. The largest absolute Gasteiger partial charge is 0.379 e. The molecule has 0 saturated heterocycles. The van der Waals surface area contributed by atoms with Gasteiger partial charge in [0.15, 0.2) is 5.78 Å². The first-order valence-corrected chi connectivity index (χ1v) is 8.83. The molecule has 5 nitrogen and oxygen atoms in total. The van der Waals surface area contributed by atoms with Crippen molar-refractivity contribution >= 4 is 15.9 Å². The highest BCUT2D eigenvalue weighted by molar-refractivity contribution is 7.86. The van der Waals surface area contributed by atoms with Gasteiger partial charge in [-0.25, -0.2) is 0 Å². The van der Waals surface area contributed by atoms with E-state index < -0.39 is 28.1 Å². The number of carbonyl (C=O) groups excluding carboxylic acids is 1. The van der Waals surface area contributed by atoms with Gasteiger partial charge in [-0.3, -0.25) is 8.98 Å². The highest BCUT2D eigenvalue weighted by atomic mass is 32.2. The second kappa shape index (κ2) is 6.84. The number of hydrogen-bond acceptors (Lipinski definition) is 5. The minimum absolute atomic E-state index is 0.0216. The van der Waals surface area contributed by atoms with Crippen molar-refractivity contribution in [3.63, 3.8) is 0 Å². The molecule has 0 aromatic heterocycles. The van der Waals surface area contributed by atoms with E-state index in [0.717, 1.165) is 11.1 Å². The third kappa shape index (κ3) is 4.29. The van der Waals surface area contributed by atoms with Gasteiger partial charge in [-0.15, -0.1) is 0 Å². The Morgan fingerprint density at radius 1 is 1.00 bits per heavy atom. The molecule has 0 heterocycles. The Labute approximate surface area is 142 Å². The first-order valence-electron chi connectivity index (χ1n) is 7.42. The van der Waals surface area contributed by atoms with Gasteiger partial charge in [-0.2, -0.15) is 8.42 Å². The van der Waals surface area contributed by atoms with Gasteiger partial charge in [-0.05, 0) is 32.9 Å². The molecule has 0 bridgehead atoms. The number of aliphatic hydroxyl groups is 1. The Morgan fingerprint density at radius 3 is 1.96 bits per heavy atom. The smallest absolute Gasteiger partial charge is 0.297 e. The molecule has 2 aromatic rings. The molecule has 0 amide bonds. The van der Waals surface area contributed by atoms with Crippen molar-refractivity contribution in [3.8, 4) is 0 Å². The van der Waals surface area contributed by atoms with E-state index in [2.05, 4.69) is 0 Å². The first-order chi connectivity index (χ1) is 11.1. The number of ketones is 1. The molecule has 2 aromatic carbocycles. The van der Waals surface area contributed by atoms with Crippen LogP contribution in [0.1, 0.15) is 28.4 Å². The van der Waals surface area contributed by atoms with E-state index in [1.54, 1.807) is 36.4 Å². The number of aryl methyl sites for hydroxylation is 2. The third-order valence-electron chi connectivity index (χ3n) is 3.61. The molecule has 2 rings (SSSR count). The maximum absolute atomic E-state index is 12.4. The molecule has 0 saturated carbocycles. The second-order valence-corrected chi connectivity index (χ2v) is 7.61. The lowest BCUT2D eigenvalue weighted by atomic mass is 9.95. The molecular weight excluding hydrogens is 328 g/mol. The highest BCUT2D eigenvalue weighted by Crippen LogP contribution is 2.19. The molecule has 0 aliphatic rings. The van der Waals surface area contributed by atoms with Gasteiger partial charge in [0.2, 0.25) is 0 Å². The van der Waals surface area contributed by atoms with E-state index in [1.165, 1.54) is 19.1 Å². The van der Waals surface area contributed by atoms with Crippen LogP contribution in [0.5, 0.6) is 0 Å². The van der Waals surface area contributed by atoms with Gasteiger partial charge in [0.05, 0.1) is 4.90 Å². The van der Waals surface area contributed by atoms with Crippen LogP contribution in [0, 0.1) is 13.8 Å². The highest BCUT2D eigenvalue weighted by Gasteiger charge is 2.34. The van der Waals surface area contributed by atoms with Crippen LogP contribution >= 0.6 is 0 Å². The minimum Gasteiger partial charge on any atom is -0.379 e. The number of rotatable bonds is 6. The van der Waals surface area contributed by atoms with Crippen LogP contribution in [0.15, 0.2) is 53.4 Å². The molecule has 0 fully saturated rings. The van der Waals surface area contributed by atoms with Crippen molar-refractivity contribution in [2.45, 2.75) is 31.3 Å². The van der Waals surface area contributed by atoms with Crippen LogP contribution in [0.25, 0.3) is 0 Å². The number of carbonyl (C=O) groups is 1. The number of benzene rings is 2. The van der Waals surface area contributed by atoms with Gasteiger partial charge in [0, 0.05) is 5.56 Å². The third-order valence-corrected chi connectivity index (χ3v) is 4.89. The van der Waals surface area contributed by atoms with Gasteiger partial charge in [-0.1, -0.05) is 47.5 Å². The summed E-state index contributed by atoms with van der Waals surface area (Å²) >= 11 is 0. The molecule has 0 spiro atoms. The Kier molecular flexibility index (Phi) is 5.22. The Bertz CT molecular complexity index is 819. The maximum Gasteiger partial charge on any atom is 0.297 e. The van der Waals surface area contributed by atoms with Crippen LogP contribution in [0.3, 0.4) is 0 Å². The van der Waals surface area contributed by atoms with Gasteiger partial charge in [0.1, 0.15) is 12.2 Å². The Morgan fingerprint density at radius 2 is 1.46 bits per heavy atom. The summed E-state index contributed by atoms with van der Waals surface area (Å²) in [4.78, 5) is 12.3. The summed E-state index contributed by atoms with van der Waals surface area (Å²) in [5.41, 5.74) is 0.231. The Balaban J connectivity index is 2.12. The fourth-order valence-corrected chi connectivity index (χ4v) is 3.04. The van der Waals surface area contributed by atoms with Gasteiger partial charge in [0.25, 0.3) is 10.1 Å². The van der Waals surface area contributed by atoms with Crippen molar-refractivity contribution in [2.24, 2.45) is 0 Å². The number of hydrogen-bond donors (Lipinski definition) is 1. The summed E-state index contributed by atoms with van der Waals surface area (Å²) in [6.45, 7) is 4.29. The summed E-state index contributed by atoms with van der Waals surface area (Å²) in [7, 11) is -4.04. The van der Waals surface area contributed by atoms with E-state index in [9.17, 15) is 18.3 Å². The molecule has 1 N–H and O–H groups in total. The predicted molar refractivity (Wildman–Crippen MR) is 90.5 cm³/mol. The standard InChI is InChI=1S/C18H20O5S/c1-13-4-8-15(9-5-13)17(19)18(3,20)12-23-24(21,22)16-10-6-14(2)7-11-16/h4-11,20H,12H2,1-3H3. The van der Waals surface area contributed by atoms with Crippen molar-refractivity contribution in [2.75, 3.05) is 6.61 Å². The summed E-state index contributed by atoms with van der Waals surface area (Å²) in [5, 5.41) is 10.3. The lowest BCUT2D eigenvalue weighted by Gasteiger charge is -2.21. The van der Waals surface area contributed by atoms with E-state index in [0.29, 0.717) is 5.56 Å². The molecular formula is C18H20O5S. The Hall–Kier alpha value is -2.02. The molecule has 24 heavy (non-hydrogen) atoms. The van der Waals surface area contributed by atoms with E-state index in [4.69, 9.17) is 4.18 Å². The fraction of sp³-hybridized carbons (Fsp3) is 0.278. The topological polar surface area (TPSA) is 80.7 Å². The lowest BCUT2D eigenvalue weighted by Crippen LogP contribution is -2.40. The summed E-state index contributed by atoms with van der Waals surface area (Å²) in [5.74, 6) is -0.596. The van der Waals surface area contributed by atoms with Gasteiger partial charge < -0.3 is 5.11 Å².